The highest BCUT2D eigenvalue weighted by molar-refractivity contribution is 6.06. The Morgan fingerprint density at radius 3 is 2.18 bits per heavy atom. The highest BCUT2D eigenvalue weighted by Crippen LogP contribution is 2.44. The first-order valence-electron chi connectivity index (χ1n) is 6.40. The highest BCUT2D eigenvalue weighted by Gasteiger charge is 2.53. The third-order valence-corrected chi connectivity index (χ3v) is 4.19. The van der Waals surface area contributed by atoms with Crippen LogP contribution in [0.15, 0.2) is 0 Å². The largest absolute Gasteiger partial charge is 0.274 e. The van der Waals surface area contributed by atoms with E-state index in [-0.39, 0.29) is 23.7 Å². The van der Waals surface area contributed by atoms with Gasteiger partial charge < -0.3 is 0 Å². The lowest BCUT2D eigenvalue weighted by Crippen LogP contribution is -2.40. The van der Waals surface area contributed by atoms with Crippen LogP contribution in [0.1, 0.15) is 39.5 Å². The third-order valence-electron chi connectivity index (χ3n) is 4.19. The molecule has 0 aromatic heterocycles. The molecule has 1 aliphatic heterocycles. The van der Waals surface area contributed by atoms with E-state index in [2.05, 4.69) is 13.0 Å². The van der Waals surface area contributed by atoms with Crippen molar-refractivity contribution < 1.29 is 9.59 Å². The van der Waals surface area contributed by atoms with Crippen LogP contribution in [0.3, 0.4) is 0 Å². The average Bonchev–Trinajstić information content (AvgIpc) is 2.85. The Morgan fingerprint density at radius 1 is 1.29 bits per heavy atom. The SMILES string of the molecule is CCC1CC2C(=O)N(C(C#N)CC)C(=O)C2C1. The van der Waals surface area contributed by atoms with Gasteiger partial charge in [0.2, 0.25) is 11.8 Å². The van der Waals surface area contributed by atoms with Gasteiger partial charge in [-0.3, -0.25) is 14.5 Å². The molecule has 0 radical (unpaired) electrons. The van der Waals surface area contributed by atoms with Crippen LogP contribution >= 0.6 is 0 Å². The zero-order valence-corrected chi connectivity index (χ0v) is 10.3. The summed E-state index contributed by atoms with van der Waals surface area (Å²) in [4.78, 5) is 25.6. The molecule has 2 aliphatic rings. The second-order valence-electron chi connectivity index (χ2n) is 5.06. The maximum Gasteiger partial charge on any atom is 0.234 e. The van der Waals surface area contributed by atoms with E-state index in [4.69, 9.17) is 5.26 Å². The summed E-state index contributed by atoms with van der Waals surface area (Å²) in [7, 11) is 0. The molecule has 92 valence electrons. The molecule has 2 fully saturated rings. The van der Waals surface area contributed by atoms with Crippen molar-refractivity contribution in [1.29, 1.82) is 5.26 Å². The third kappa shape index (κ3) is 1.74. The maximum atomic E-state index is 12.2. The number of hydrogen-bond acceptors (Lipinski definition) is 3. The molecule has 0 N–H and O–H groups in total. The lowest BCUT2D eigenvalue weighted by Gasteiger charge is -2.21. The number of carbonyl (C=O) groups excluding carboxylic acids is 2. The number of imide groups is 1. The summed E-state index contributed by atoms with van der Waals surface area (Å²) < 4.78 is 0. The maximum absolute atomic E-state index is 12.2. The van der Waals surface area contributed by atoms with Crippen molar-refractivity contribution in [2.75, 3.05) is 0 Å². The van der Waals surface area contributed by atoms with E-state index in [1.165, 1.54) is 4.90 Å². The van der Waals surface area contributed by atoms with E-state index in [1.807, 2.05) is 6.92 Å². The van der Waals surface area contributed by atoms with E-state index in [0.29, 0.717) is 12.3 Å². The standard InChI is InChI=1S/C13H18N2O2/c1-3-8-5-10-11(6-8)13(17)15(12(10)16)9(4-2)7-14/h8-11H,3-6H2,1-2H3. The van der Waals surface area contributed by atoms with Crippen molar-refractivity contribution in [2.45, 2.75) is 45.6 Å². The van der Waals surface area contributed by atoms with Crippen molar-refractivity contribution in [3.63, 3.8) is 0 Å². The minimum absolute atomic E-state index is 0.107. The van der Waals surface area contributed by atoms with Gasteiger partial charge in [-0.25, -0.2) is 0 Å². The minimum Gasteiger partial charge on any atom is -0.274 e. The van der Waals surface area contributed by atoms with E-state index in [0.717, 1.165) is 19.3 Å². The predicted molar refractivity (Wildman–Crippen MR) is 61.5 cm³/mol. The molecule has 2 rings (SSSR count). The summed E-state index contributed by atoms with van der Waals surface area (Å²) in [6, 6.07) is 1.48. The average molecular weight is 234 g/mol. The Hall–Kier alpha value is -1.37. The molecule has 1 saturated heterocycles. The summed E-state index contributed by atoms with van der Waals surface area (Å²) in [6.07, 6.45) is 3.20. The van der Waals surface area contributed by atoms with Gasteiger partial charge in [0.1, 0.15) is 6.04 Å². The van der Waals surface area contributed by atoms with Crippen molar-refractivity contribution in [1.82, 2.24) is 4.90 Å². The molecule has 17 heavy (non-hydrogen) atoms. The molecule has 1 aliphatic carbocycles. The molecule has 0 aromatic rings. The van der Waals surface area contributed by atoms with Gasteiger partial charge >= 0.3 is 0 Å². The topological polar surface area (TPSA) is 61.2 Å². The summed E-state index contributed by atoms with van der Waals surface area (Å²) in [5.74, 6) is 0.000567. The van der Waals surface area contributed by atoms with E-state index in [1.54, 1.807) is 0 Å². The van der Waals surface area contributed by atoms with Crippen LogP contribution in [-0.2, 0) is 9.59 Å². The molecule has 0 spiro atoms. The Bertz CT molecular complexity index is 361. The number of nitriles is 1. The van der Waals surface area contributed by atoms with E-state index < -0.39 is 6.04 Å². The minimum atomic E-state index is -0.569. The lowest BCUT2D eigenvalue weighted by atomic mass is 10.00. The van der Waals surface area contributed by atoms with Crippen molar-refractivity contribution in [3.8, 4) is 6.07 Å². The fourth-order valence-corrected chi connectivity index (χ4v) is 3.13. The quantitative estimate of drug-likeness (QED) is 0.698. The Kier molecular flexibility index (Phi) is 3.19. The Morgan fingerprint density at radius 2 is 1.82 bits per heavy atom. The first-order chi connectivity index (χ1) is 8.13. The zero-order chi connectivity index (χ0) is 12.6. The summed E-state index contributed by atoms with van der Waals surface area (Å²) >= 11 is 0. The van der Waals surface area contributed by atoms with Crippen molar-refractivity contribution >= 4 is 11.8 Å². The fourth-order valence-electron chi connectivity index (χ4n) is 3.13. The number of amides is 2. The molecule has 0 bridgehead atoms. The molecule has 3 atom stereocenters. The van der Waals surface area contributed by atoms with Gasteiger partial charge in [-0.2, -0.15) is 5.26 Å². The molecule has 4 nitrogen and oxygen atoms in total. The van der Waals surface area contributed by atoms with Crippen LogP contribution < -0.4 is 0 Å². The molecule has 1 saturated carbocycles. The number of carbonyl (C=O) groups is 2. The van der Waals surface area contributed by atoms with Crippen LogP contribution in [0.25, 0.3) is 0 Å². The first-order valence-corrected chi connectivity index (χ1v) is 6.40. The summed E-state index contributed by atoms with van der Waals surface area (Å²) in [5.41, 5.74) is 0. The number of hydrogen-bond donors (Lipinski definition) is 0. The number of likely N-dealkylation sites (tertiary alicyclic amines) is 1. The second kappa shape index (κ2) is 4.48. The fraction of sp³-hybridized carbons (Fsp3) is 0.769. The van der Waals surface area contributed by atoms with Crippen molar-refractivity contribution in [2.24, 2.45) is 17.8 Å². The molecule has 1 heterocycles. The highest BCUT2D eigenvalue weighted by atomic mass is 16.2. The van der Waals surface area contributed by atoms with Crippen LogP contribution in [-0.4, -0.2) is 22.8 Å². The summed E-state index contributed by atoms with van der Waals surface area (Å²) in [6.45, 7) is 3.93. The number of nitrogens with zero attached hydrogens (tertiary/aromatic N) is 2. The van der Waals surface area contributed by atoms with Crippen LogP contribution in [0.4, 0.5) is 0 Å². The van der Waals surface area contributed by atoms with E-state index in [9.17, 15) is 9.59 Å². The Balaban J connectivity index is 2.20. The number of rotatable bonds is 3. The van der Waals surface area contributed by atoms with Crippen LogP contribution in [0.5, 0.6) is 0 Å². The molecular weight excluding hydrogens is 216 g/mol. The molecule has 3 unspecified atom stereocenters. The van der Waals surface area contributed by atoms with Gasteiger partial charge in [0.05, 0.1) is 17.9 Å². The molecule has 0 aromatic carbocycles. The molecule has 2 amide bonds. The summed E-state index contributed by atoms with van der Waals surface area (Å²) in [5, 5.41) is 8.99. The Labute approximate surface area is 102 Å². The molecular formula is C13H18N2O2. The monoisotopic (exact) mass is 234 g/mol. The van der Waals surface area contributed by atoms with Gasteiger partial charge in [-0.1, -0.05) is 20.3 Å². The normalized spacial score (nSPS) is 33.7. The molecule has 4 heteroatoms. The van der Waals surface area contributed by atoms with Gasteiger partial charge in [0.15, 0.2) is 0 Å². The van der Waals surface area contributed by atoms with Crippen LogP contribution in [0, 0.1) is 29.1 Å². The smallest absolute Gasteiger partial charge is 0.234 e. The number of fused-ring (bicyclic) bond motifs is 1. The zero-order valence-electron chi connectivity index (χ0n) is 10.3. The van der Waals surface area contributed by atoms with Gasteiger partial charge in [-0.15, -0.1) is 0 Å². The van der Waals surface area contributed by atoms with Gasteiger partial charge in [0, 0.05) is 0 Å². The van der Waals surface area contributed by atoms with Crippen LogP contribution in [0.2, 0.25) is 0 Å². The van der Waals surface area contributed by atoms with Gasteiger partial charge in [-0.05, 0) is 25.2 Å². The van der Waals surface area contributed by atoms with E-state index >= 15 is 0 Å². The predicted octanol–water partition coefficient (Wildman–Crippen LogP) is 1.71. The van der Waals surface area contributed by atoms with Crippen molar-refractivity contribution in [3.05, 3.63) is 0 Å². The first kappa shape index (κ1) is 12.1. The second-order valence-corrected chi connectivity index (χ2v) is 5.06. The lowest BCUT2D eigenvalue weighted by molar-refractivity contribution is -0.142. The van der Waals surface area contributed by atoms with Gasteiger partial charge in [0.25, 0.3) is 0 Å².